The smallest absolute Gasteiger partial charge is 0.341 e. The van der Waals surface area contributed by atoms with E-state index in [-0.39, 0.29) is 12.2 Å². The van der Waals surface area contributed by atoms with Crippen molar-refractivity contribution in [3.8, 4) is 0 Å². The number of anilines is 1. The van der Waals surface area contributed by atoms with Crippen LogP contribution in [0.4, 0.5) is 5.69 Å². The highest BCUT2D eigenvalue weighted by molar-refractivity contribution is 5.95. The fourth-order valence-electron chi connectivity index (χ4n) is 3.23. The third-order valence-electron chi connectivity index (χ3n) is 4.18. The summed E-state index contributed by atoms with van der Waals surface area (Å²) in [5.41, 5.74) is 2.92. The molecular formula is C17H21NO3. The number of nitrogens with zero attached hydrogens (tertiary/aromatic N) is 1. The van der Waals surface area contributed by atoms with E-state index in [4.69, 9.17) is 4.42 Å². The van der Waals surface area contributed by atoms with Gasteiger partial charge in [0.1, 0.15) is 5.58 Å². The first-order valence-electron chi connectivity index (χ1n) is 7.69. The minimum atomic E-state index is -0.235. The largest absolute Gasteiger partial charge is 0.422 e. The van der Waals surface area contributed by atoms with Gasteiger partial charge in [-0.3, -0.25) is 0 Å². The summed E-state index contributed by atoms with van der Waals surface area (Å²) >= 11 is 0. The van der Waals surface area contributed by atoms with Crippen LogP contribution >= 0.6 is 0 Å². The fraction of sp³-hybridized carbons (Fsp3) is 0.471. The Morgan fingerprint density at radius 2 is 2.05 bits per heavy atom. The minimum absolute atomic E-state index is 0.0442. The van der Waals surface area contributed by atoms with Gasteiger partial charge in [0.2, 0.25) is 0 Å². The topological polar surface area (TPSA) is 53.7 Å². The average molecular weight is 287 g/mol. The van der Waals surface area contributed by atoms with Crippen LogP contribution in [0.3, 0.4) is 0 Å². The second-order valence-corrected chi connectivity index (χ2v) is 5.61. The Balaban J connectivity index is 2.35. The summed E-state index contributed by atoms with van der Waals surface area (Å²) in [5, 5.41) is 10.6. The Bertz CT molecular complexity index is 699. The molecule has 1 aromatic carbocycles. The highest BCUT2D eigenvalue weighted by Crippen LogP contribution is 2.34. The Labute approximate surface area is 124 Å². The molecule has 21 heavy (non-hydrogen) atoms. The molecule has 0 amide bonds. The number of hydrogen-bond acceptors (Lipinski definition) is 4. The first-order chi connectivity index (χ1) is 10.3. The lowest BCUT2D eigenvalue weighted by Gasteiger charge is -2.23. The van der Waals surface area contributed by atoms with Crippen LogP contribution < -0.4 is 10.5 Å². The maximum absolute atomic E-state index is 12.3. The predicted molar refractivity (Wildman–Crippen MR) is 83.8 cm³/mol. The van der Waals surface area contributed by atoms with Crippen LogP contribution in [0.25, 0.3) is 11.0 Å². The first-order valence-corrected chi connectivity index (χ1v) is 7.69. The second kappa shape index (κ2) is 5.90. The molecule has 1 aromatic heterocycles. The van der Waals surface area contributed by atoms with E-state index in [0.717, 1.165) is 54.6 Å². The van der Waals surface area contributed by atoms with Gasteiger partial charge >= 0.3 is 5.63 Å². The third kappa shape index (κ3) is 2.44. The van der Waals surface area contributed by atoms with Crippen LogP contribution in [0.15, 0.2) is 27.4 Å². The number of aliphatic hydroxyl groups excluding tert-OH is 1. The Morgan fingerprint density at radius 1 is 1.29 bits per heavy atom. The molecule has 2 aromatic rings. The van der Waals surface area contributed by atoms with Crippen LogP contribution in [0.1, 0.15) is 37.3 Å². The van der Waals surface area contributed by atoms with Gasteiger partial charge in [0.25, 0.3) is 0 Å². The van der Waals surface area contributed by atoms with Gasteiger partial charge in [0.05, 0.1) is 17.9 Å². The molecule has 0 bridgehead atoms. The molecule has 1 fully saturated rings. The number of aliphatic hydroxyl groups is 1. The van der Waals surface area contributed by atoms with E-state index in [0.29, 0.717) is 12.0 Å². The molecule has 0 saturated carbocycles. The maximum atomic E-state index is 12.3. The molecule has 0 spiro atoms. The maximum Gasteiger partial charge on any atom is 0.341 e. The minimum Gasteiger partial charge on any atom is -0.422 e. The number of fused-ring (bicyclic) bond motifs is 1. The zero-order valence-electron chi connectivity index (χ0n) is 12.4. The average Bonchev–Trinajstić information content (AvgIpc) is 3.01. The van der Waals surface area contributed by atoms with Crippen LogP contribution in [-0.4, -0.2) is 18.2 Å². The van der Waals surface area contributed by atoms with Gasteiger partial charge in [-0.05, 0) is 30.9 Å². The van der Waals surface area contributed by atoms with Crippen molar-refractivity contribution in [1.82, 2.24) is 0 Å². The summed E-state index contributed by atoms with van der Waals surface area (Å²) < 4.78 is 5.49. The lowest BCUT2D eigenvalue weighted by Crippen LogP contribution is -2.24. The first kappa shape index (κ1) is 14.1. The number of rotatable bonds is 4. The van der Waals surface area contributed by atoms with E-state index in [1.54, 1.807) is 0 Å². The molecule has 1 saturated heterocycles. The lowest BCUT2D eigenvalue weighted by molar-refractivity contribution is 0.283. The van der Waals surface area contributed by atoms with Crippen LogP contribution in [0.5, 0.6) is 0 Å². The lowest BCUT2D eigenvalue weighted by atomic mass is 10.0. The van der Waals surface area contributed by atoms with Gasteiger partial charge in [-0.2, -0.15) is 0 Å². The Hall–Kier alpha value is -1.81. The summed E-state index contributed by atoms with van der Waals surface area (Å²) in [6.07, 6.45) is 3.91. The van der Waals surface area contributed by atoms with Crippen molar-refractivity contribution in [2.24, 2.45) is 0 Å². The molecule has 112 valence electrons. The molecule has 1 aliphatic heterocycles. The van der Waals surface area contributed by atoms with Gasteiger partial charge in [-0.1, -0.05) is 25.5 Å². The predicted octanol–water partition coefficient (Wildman–Crippen LogP) is 2.84. The van der Waals surface area contributed by atoms with Gasteiger partial charge in [-0.25, -0.2) is 4.79 Å². The van der Waals surface area contributed by atoms with E-state index in [9.17, 15) is 9.90 Å². The summed E-state index contributed by atoms with van der Waals surface area (Å²) in [4.78, 5) is 14.6. The SMILES string of the molecule is CCCc1c(N2CCCC2)c2c(CO)cccc2oc1=O. The number of benzene rings is 1. The highest BCUT2D eigenvalue weighted by Gasteiger charge is 2.23. The molecular weight excluding hydrogens is 266 g/mol. The van der Waals surface area contributed by atoms with Crippen LogP contribution in [-0.2, 0) is 13.0 Å². The Kier molecular flexibility index (Phi) is 3.97. The molecule has 0 radical (unpaired) electrons. The monoisotopic (exact) mass is 287 g/mol. The highest BCUT2D eigenvalue weighted by atomic mass is 16.4. The quantitative estimate of drug-likeness (QED) is 0.879. The van der Waals surface area contributed by atoms with Gasteiger partial charge in [0, 0.05) is 18.5 Å². The zero-order valence-corrected chi connectivity index (χ0v) is 12.4. The van der Waals surface area contributed by atoms with E-state index >= 15 is 0 Å². The zero-order chi connectivity index (χ0) is 14.8. The van der Waals surface area contributed by atoms with Crippen molar-refractivity contribution in [3.05, 3.63) is 39.7 Å². The summed E-state index contributed by atoms with van der Waals surface area (Å²) in [5.74, 6) is 0. The van der Waals surface area contributed by atoms with E-state index < -0.39 is 0 Å². The van der Waals surface area contributed by atoms with Crippen LogP contribution in [0, 0.1) is 0 Å². The van der Waals surface area contributed by atoms with Crippen molar-refractivity contribution in [1.29, 1.82) is 0 Å². The van der Waals surface area contributed by atoms with E-state index in [1.807, 2.05) is 18.2 Å². The van der Waals surface area contributed by atoms with E-state index in [1.165, 1.54) is 0 Å². The van der Waals surface area contributed by atoms with Crippen molar-refractivity contribution in [2.75, 3.05) is 18.0 Å². The fourth-order valence-corrected chi connectivity index (χ4v) is 3.23. The van der Waals surface area contributed by atoms with Gasteiger partial charge in [-0.15, -0.1) is 0 Å². The van der Waals surface area contributed by atoms with Crippen molar-refractivity contribution in [2.45, 2.75) is 39.2 Å². The van der Waals surface area contributed by atoms with Gasteiger partial charge in [0.15, 0.2) is 0 Å². The van der Waals surface area contributed by atoms with Crippen LogP contribution in [0.2, 0.25) is 0 Å². The van der Waals surface area contributed by atoms with Crippen molar-refractivity contribution < 1.29 is 9.52 Å². The molecule has 3 rings (SSSR count). The Morgan fingerprint density at radius 3 is 2.71 bits per heavy atom. The van der Waals surface area contributed by atoms with Crippen molar-refractivity contribution in [3.63, 3.8) is 0 Å². The molecule has 4 heteroatoms. The number of hydrogen-bond donors (Lipinski definition) is 1. The molecule has 1 aliphatic rings. The molecule has 4 nitrogen and oxygen atoms in total. The standard InChI is InChI=1S/C17H21NO3/c1-2-6-13-16(18-9-3-4-10-18)15-12(11-19)7-5-8-14(15)21-17(13)20/h5,7-8,19H,2-4,6,9-11H2,1H3. The summed E-state index contributed by atoms with van der Waals surface area (Å²) in [6, 6.07) is 5.53. The molecule has 0 atom stereocenters. The van der Waals surface area contributed by atoms with Crippen molar-refractivity contribution >= 4 is 16.7 Å². The molecule has 2 heterocycles. The molecule has 0 aliphatic carbocycles. The molecule has 0 unspecified atom stereocenters. The third-order valence-corrected chi connectivity index (χ3v) is 4.18. The molecule has 1 N–H and O–H groups in total. The summed E-state index contributed by atoms with van der Waals surface area (Å²) in [7, 11) is 0. The van der Waals surface area contributed by atoms with E-state index in [2.05, 4.69) is 11.8 Å². The normalized spacial score (nSPS) is 15.0. The second-order valence-electron chi connectivity index (χ2n) is 5.61. The van der Waals surface area contributed by atoms with Gasteiger partial charge < -0.3 is 14.4 Å². The summed E-state index contributed by atoms with van der Waals surface area (Å²) in [6.45, 7) is 3.96.